The maximum absolute atomic E-state index is 11.7. The van der Waals surface area contributed by atoms with Crippen LogP contribution in [0.5, 0.6) is 0 Å². The van der Waals surface area contributed by atoms with E-state index in [4.69, 9.17) is 6.42 Å². The molecule has 0 heterocycles. The van der Waals surface area contributed by atoms with Gasteiger partial charge in [-0.2, -0.15) is 0 Å². The van der Waals surface area contributed by atoms with Crippen molar-refractivity contribution in [1.29, 1.82) is 0 Å². The van der Waals surface area contributed by atoms with E-state index in [9.17, 15) is 4.79 Å². The molecule has 1 aromatic carbocycles. The molecule has 0 saturated heterocycles. The van der Waals surface area contributed by atoms with Crippen LogP contribution in [0.1, 0.15) is 26.3 Å². The first-order chi connectivity index (χ1) is 6.93. The van der Waals surface area contributed by atoms with Gasteiger partial charge in [-0.05, 0) is 18.2 Å². The zero-order chi connectivity index (χ0) is 11.5. The lowest BCUT2D eigenvalue weighted by Crippen LogP contribution is -2.27. The van der Waals surface area contributed by atoms with E-state index in [2.05, 4.69) is 11.2 Å². The molecule has 0 radical (unpaired) electrons. The van der Waals surface area contributed by atoms with Gasteiger partial charge >= 0.3 is 0 Å². The monoisotopic (exact) mass is 201 g/mol. The Morgan fingerprint density at radius 1 is 1.40 bits per heavy atom. The minimum Gasteiger partial charge on any atom is -0.326 e. The summed E-state index contributed by atoms with van der Waals surface area (Å²) in [6, 6.07) is 7.26. The molecule has 0 aromatic heterocycles. The molecule has 0 aliphatic carbocycles. The fraction of sp³-hybridized carbons (Fsp3) is 0.308. The number of nitrogens with one attached hydrogen (secondary N) is 1. The molecule has 0 unspecified atom stereocenters. The molecule has 0 spiro atoms. The number of terminal acetylenes is 1. The molecular formula is C13H15NO. The Kier molecular flexibility index (Phi) is 3.16. The van der Waals surface area contributed by atoms with Crippen LogP contribution in [0, 0.1) is 17.8 Å². The lowest BCUT2D eigenvalue weighted by atomic mass is 9.95. The molecule has 1 rings (SSSR count). The van der Waals surface area contributed by atoms with Crippen LogP contribution >= 0.6 is 0 Å². The highest BCUT2D eigenvalue weighted by atomic mass is 16.2. The van der Waals surface area contributed by atoms with E-state index in [1.807, 2.05) is 39.0 Å². The fourth-order valence-corrected chi connectivity index (χ4v) is 1.01. The second-order valence-electron chi connectivity index (χ2n) is 4.43. The highest BCUT2D eigenvalue weighted by Gasteiger charge is 2.20. The molecule has 0 fully saturated rings. The van der Waals surface area contributed by atoms with Crippen molar-refractivity contribution in [2.75, 3.05) is 5.32 Å². The quantitative estimate of drug-likeness (QED) is 0.695. The smallest absolute Gasteiger partial charge is 0.229 e. The van der Waals surface area contributed by atoms with Crippen molar-refractivity contribution in [3.05, 3.63) is 29.8 Å². The molecule has 78 valence electrons. The lowest BCUT2D eigenvalue weighted by Gasteiger charge is -2.17. The maximum Gasteiger partial charge on any atom is 0.229 e. The van der Waals surface area contributed by atoms with Crippen molar-refractivity contribution >= 4 is 11.6 Å². The Morgan fingerprint density at radius 3 is 2.60 bits per heavy atom. The Morgan fingerprint density at radius 2 is 2.07 bits per heavy atom. The fourth-order valence-electron chi connectivity index (χ4n) is 1.01. The number of anilines is 1. The van der Waals surface area contributed by atoms with Crippen LogP contribution in [-0.2, 0) is 4.79 Å². The number of amides is 1. The van der Waals surface area contributed by atoms with Crippen LogP contribution in [0.15, 0.2) is 24.3 Å². The van der Waals surface area contributed by atoms with Gasteiger partial charge in [0.1, 0.15) is 0 Å². The third-order valence-corrected chi connectivity index (χ3v) is 1.97. The summed E-state index contributed by atoms with van der Waals surface area (Å²) >= 11 is 0. The van der Waals surface area contributed by atoms with Crippen molar-refractivity contribution in [2.45, 2.75) is 20.8 Å². The van der Waals surface area contributed by atoms with Crippen molar-refractivity contribution in [3.63, 3.8) is 0 Å². The average molecular weight is 201 g/mol. The Bertz CT molecular complexity index is 407. The minimum atomic E-state index is -0.397. The second kappa shape index (κ2) is 4.18. The summed E-state index contributed by atoms with van der Waals surface area (Å²) in [6.45, 7) is 5.61. The second-order valence-corrected chi connectivity index (χ2v) is 4.43. The van der Waals surface area contributed by atoms with E-state index in [-0.39, 0.29) is 5.91 Å². The van der Waals surface area contributed by atoms with E-state index >= 15 is 0 Å². The topological polar surface area (TPSA) is 29.1 Å². The first-order valence-corrected chi connectivity index (χ1v) is 4.81. The van der Waals surface area contributed by atoms with Gasteiger partial charge in [0, 0.05) is 16.7 Å². The van der Waals surface area contributed by atoms with Crippen molar-refractivity contribution in [3.8, 4) is 12.3 Å². The summed E-state index contributed by atoms with van der Waals surface area (Å²) in [4.78, 5) is 11.7. The van der Waals surface area contributed by atoms with Crippen molar-refractivity contribution < 1.29 is 4.79 Å². The number of carbonyl (C=O) groups is 1. The highest BCUT2D eigenvalue weighted by molar-refractivity contribution is 5.94. The Labute approximate surface area is 90.7 Å². The first-order valence-electron chi connectivity index (χ1n) is 4.81. The molecule has 0 bridgehead atoms. The van der Waals surface area contributed by atoms with Gasteiger partial charge in [0.2, 0.25) is 5.91 Å². The molecule has 2 heteroatoms. The van der Waals surface area contributed by atoms with Crippen LogP contribution in [-0.4, -0.2) is 5.91 Å². The van der Waals surface area contributed by atoms with E-state index < -0.39 is 5.41 Å². The number of hydrogen-bond acceptors (Lipinski definition) is 1. The van der Waals surface area contributed by atoms with Crippen LogP contribution < -0.4 is 5.32 Å². The summed E-state index contributed by atoms with van der Waals surface area (Å²) in [5.41, 5.74) is 1.11. The Hall–Kier alpha value is -1.75. The number of hydrogen-bond donors (Lipinski definition) is 1. The van der Waals surface area contributed by atoms with Crippen molar-refractivity contribution in [2.24, 2.45) is 5.41 Å². The summed E-state index contributed by atoms with van der Waals surface area (Å²) in [5, 5.41) is 2.82. The SMILES string of the molecule is C#Cc1cccc(NC(=O)C(C)(C)C)c1. The van der Waals surface area contributed by atoms with E-state index in [0.717, 1.165) is 11.3 Å². The summed E-state index contributed by atoms with van der Waals surface area (Å²) in [7, 11) is 0. The predicted molar refractivity (Wildman–Crippen MR) is 62.5 cm³/mol. The first kappa shape index (κ1) is 11.3. The molecule has 0 aliphatic heterocycles. The number of carbonyl (C=O) groups excluding carboxylic acids is 1. The largest absolute Gasteiger partial charge is 0.326 e. The molecule has 0 atom stereocenters. The summed E-state index contributed by atoms with van der Waals surface area (Å²) in [5.74, 6) is 2.51. The van der Waals surface area contributed by atoms with Gasteiger partial charge in [-0.3, -0.25) is 4.79 Å². The minimum absolute atomic E-state index is 0.0170. The van der Waals surface area contributed by atoms with Crippen LogP contribution in [0.2, 0.25) is 0 Å². The average Bonchev–Trinajstić information content (AvgIpc) is 2.16. The molecule has 15 heavy (non-hydrogen) atoms. The molecule has 0 saturated carbocycles. The zero-order valence-corrected chi connectivity index (χ0v) is 9.29. The van der Waals surface area contributed by atoms with Gasteiger partial charge in [-0.1, -0.05) is 32.8 Å². The summed E-state index contributed by atoms with van der Waals surface area (Å²) in [6.07, 6.45) is 5.27. The van der Waals surface area contributed by atoms with Crippen LogP contribution in [0.25, 0.3) is 0 Å². The standard InChI is InChI=1S/C13H15NO/c1-5-10-7-6-8-11(9-10)14-12(15)13(2,3)4/h1,6-9H,2-4H3,(H,14,15). The molecule has 1 amide bonds. The predicted octanol–water partition coefficient (Wildman–Crippen LogP) is 2.65. The van der Waals surface area contributed by atoms with E-state index in [1.54, 1.807) is 6.07 Å². The molecule has 2 nitrogen and oxygen atoms in total. The number of rotatable bonds is 1. The van der Waals surface area contributed by atoms with Gasteiger partial charge in [-0.15, -0.1) is 6.42 Å². The van der Waals surface area contributed by atoms with Gasteiger partial charge in [-0.25, -0.2) is 0 Å². The van der Waals surface area contributed by atoms with Crippen molar-refractivity contribution in [1.82, 2.24) is 0 Å². The Balaban J connectivity index is 2.83. The zero-order valence-electron chi connectivity index (χ0n) is 9.29. The maximum atomic E-state index is 11.7. The van der Waals surface area contributed by atoms with Gasteiger partial charge in [0.15, 0.2) is 0 Å². The lowest BCUT2D eigenvalue weighted by molar-refractivity contribution is -0.123. The summed E-state index contributed by atoms with van der Waals surface area (Å²) < 4.78 is 0. The molecule has 1 aromatic rings. The molecule has 0 aliphatic rings. The van der Waals surface area contributed by atoms with Gasteiger partial charge in [0.25, 0.3) is 0 Å². The third kappa shape index (κ3) is 3.14. The number of benzene rings is 1. The van der Waals surface area contributed by atoms with Crippen LogP contribution in [0.4, 0.5) is 5.69 Å². The van der Waals surface area contributed by atoms with E-state index in [0.29, 0.717) is 0 Å². The third-order valence-electron chi connectivity index (χ3n) is 1.97. The van der Waals surface area contributed by atoms with E-state index in [1.165, 1.54) is 0 Å². The van der Waals surface area contributed by atoms with Crippen LogP contribution in [0.3, 0.4) is 0 Å². The normalized spacial score (nSPS) is 10.5. The highest BCUT2D eigenvalue weighted by Crippen LogP contribution is 2.17. The van der Waals surface area contributed by atoms with Gasteiger partial charge < -0.3 is 5.32 Å². The molecular weight excluding hydrogens is 186 g/mol. The molecule has 1 N–H and O–H groups in total. The van der Waals surface area contributed by atoms with Gasteiger partial charge in [0.05, 0.1) is 0 Å².